The first-order chi connectivity index (χ1) is 14.7. The highest BCUT2D eigenvalue weighted by atomic mass is 32.2. The number of halogens is 3. The first kappa shape index (κ1) is 23.2. The van der Waals surface area contributed by atoms with Crippen LogP contribution in [0.5, 0.6) is 0 Å². The van der Waals surface area contributed by atoms with Crippen LogP contribution in [0.25, 0.3) is 16.6 Å². The Labute approximate surface area is 178 Å². The Balaban J connectivity index is 2.39. The van der Waals surface area contributed by atoms with Gasteiger partial charge in [0, 0.05) is 18.8 Å². The predicted molar refractivity (Wildman–Crippen MR) is 108 cm³/mol. The third-order valence-corrected chi connectivity index (χ3v) is 5.37. The Morgan fingerprint density at radius 1 is 1.25 bits per heavy atom. The average molecular weight is 473 g/mol. The van der Waals surface area contributed by atoms with E-state index in [0.29, 0.717) is 12.3 Å². The van der Waals surface area contributed by atoms with Gasteiger partial charge in [0.15, 0.2) is 0 Å². The normalized spacial score (nSPS) is 12.5. The number of H-pyrrole nitrogens is 1. The topological polar surface area (TPSA) is 127 Å². The largest absolute Gasteiger partial charge is 0.418 e. The Morgan fingerprint density at radius 2 is 1.91 bits per heavy atom. The molecule has 0 aliphatic carbocycles. The van der Waals surface area contributed by atoms with Crippen LogP contribution in [-0.4, -0.2) is 39.8 Å². The van der Waals surface area contributed by atoms with E-state index in [0.717, 1.165) is 17.0 Å². The quantitative estimate of drug-likeness (QED) is 0.596. The molecule has 0 aliphatic heterocycles. The van der Waals surface area contributed by atoms with Crippen LogP contribution in [0.2, 0.25) is 0 Å². The van der Waals surface area contributed by atoms with E-state index in [1.807, 2.05) is 0 Å². The summed E-state index contributed by atoms with van der Waals surface area (Å²) in [6.07, 6.45) is -0.989. The zero-order valence-electron chi connectivity index (χ0n) is 17.0. The van der Waals surface area contributed by atoms with Crippen molar-refractivity contribution >= 4 is 26.8 Å². The van der Waals surface area contributed by atoms with Gasteiger partial charge in [0.05, 0.1) is 34.7 Å². The minimum Gasteiger partial charge on any atom is -0.306 e. The molecule has 1 N–H and O–H groups in total. The van der Waals surface area contributed by atoms with Crippen LogP contribution in [0.1, 0.15) is 25.8 Å². The molecule has 0 fully saturated rings. The molecule has 0 radical (unpaired) electrons. The second-order valence-electron chi connectivity index (χ2n) is 7.43. The molecule has 172 valence electrons. The highest BCUT2D eigenvalue weighted by Gasteiger charge is 2.36. The highest BCUT2D eigenvalue weighted by molar-refractivity contribution is 7.92. The first-order valence-corrected chi connectivity index (χ1v) is 11.0. The number of carbonyl (C=O) groups is 1. The Morgan fingerprint density at radius 3 is 2.41 bits per heavy atom. The van der Waals surface area contributed by atoms with Crippen LogP contribution in [0, 0.1) is 5.92 Å². The minimum atomic E-state index is -4.84. The molecule has 0 aliphatic rings. The third-order valence-electron chi connectivity index (χ3n) is 4.37. The van der Waals surface area contributed by atoms with Crippen molar-refractivity contribution in [2.24, 2.45) is 5.92 Å². The zero-order chi connectivity index (χ0) is 24.0. The lowest BCUT2D eigenvalue weighted by molar-refractivity contribution is -0.137. The number of alkyl halides is 3. The highest BCUT2D eigenvalue weighted by Crippen LogP contribution is 2.35. The lowest BCUT2D eigenvalue weighted by Gasteiger charge is -2.22. The van der Waals surface area contributed by atoms with Crippen molar-refractivity contribution in [3.63, 3.8) is 0 Å². The van der Waals surface area contributed by atoms with Crippen molar-refractivity contribution in [2.45, 2.75) is 26.4 Å². The van der Waals surface area contributed by atoms with Crippen LogP contribution in [0.4, 0.5) is 13.2 Å². The van der Waals surface area contributed by atoms with Crippen molar-refractivity contribution in [3.8, 4) is 5.69 Å². The zero-order valence-corrected chi connectivity index (χ0v) is 17.9. The fourth-order valence-corrected chi connectivity index (χ4v) is 4.01. The molecule has 0 saturated heterocycles. The van der Waals surface area contributed by atoms with Gasteiger partial charge in [-0.25, -0.2) is 18.2 Å². The number of nitrogens with zero attached hydrogens (tertiary/aromatic N) is 4. The van der Waals surface area contributed by atoms with Gasteiger partial charge in [-0.3, -0.25) is 9.59 Å². The Kier molecular flexibility index (Phi) is 5.76. The molecule has 3 rings (SSSR count). The lowest BCUT2D eigenvalue weighted by Crippen LogP contribution is -2.56. The van der Waals surface area contributed by atoms with Gasteiger partial charge >= 0.3 is 11.9 Å². The van der Waals surface area contributed by atoms with Crippen molar-refractivity contribution < 1.29 is 26.4 Å². The molecule has 2 heterocycles. The van der Waals surface area contributed by atoms with E-state index in [1.54, 1.807) is 13.8 Å². The molecule has 14 heteroatoms. The number of imidazole rings is 1. The smallest absolute Gasteiger partial charge is 0.306 e. The van der Waals surface area contributed by atoms with Crippen LogP contribution in [0.15, 0.2) is 40.4 Å². The van der Waals surface area contributed by atoms with E-state index in [1.165, 1.54) is 12.4 Å². The van der Waals surface area contributed by atoms with E-state index in [4.69, 9.17) is 0 Å². The van der Waals surface area contributed by atoms with E-state index in [9.17, 15) is 36.0 Å². The predicted octanol–water partition coefficient (Wildman–Crippen LogP) is 1.36. The van der Waals surface area contributed by atoms with E-state index in [-0.39, 0.29) is 21.4 Å². The number of carbonyl (C=O) groups excluding carboxylic acids is 1. The van der Waals surface area contributed by atoms with Crippen molar-refractivity contribution in [1.82, 2.24) is 19.2 Å². The molecule has 1 amide bonds. The van der Waals surface area contributed by atoms with Gasteiger partial charge in [-0.05, 0) is 18.1 Å². The van der Waals surface area contributed by atoms with Gasteiger partial charge in [0.2, 0.25) is 0 Å². The summed E-state index contributed by atoms with van der Waals surface area (Å²) < 4.78 is 66.5. The van der Waals surface area contributed by atoms with E-state index < -0.39 is 55.5 Å². The molecule has 0 unspecified atom stereocenters. The van der Waals surface area contributed by atoms with Crippen LogP contribution >= 0.6 is 0 Å². The fraction of sp³-hybridized carbons (Fsp3) is 0.333. The molecular formula is C18H18F3N5O5S. The Bertz CT molecular complexity index is 1410. The number of rotatable bonds is 5. The van der Waals surface area contributed by atoms with Gasteiger partial charge in [0.25, 0.3) is 21.5 Å². The van der Waals surface area contributed by atoms with Gasteiger partial charge in [-0.2, -0.15) is 13.2 Å². The number of sulfonamides is 1. The third kappa shape index (κ3) is 4.30. The molecule has 0 atom stereocenters. The van der Waals surface area contributed by atoms with Gasteiger partial charge in [0.1, 0.15) is 0 Å². The van der Waals surface area contributed by atoms with Gasteiger partial charge in [-0.15, -0.1) is 9.09 Å². The van der Waals surface area contributed by atoms with Crippen molar-refractivity contribution in [2.75, 3.05) is 10.7 Å². The minimum absolute atomic E-state index is 0.0299. The van der Waals surface area contributed by atoms with Crippen molar-refractivity contribution in [3.05, 3.63) is 57.3 Å². The summed E-state index contributed by atoms with van der Waals surface area (Å²) in [6, 6.07) is 1.42. The maximum atomic E-state index is 13.6. The second kappa shape index (κ2) is 7.93. The SMILES string of the molecule is CC(C)CC(=O)N(n1c(=O)[nH]c2cc(C(F)(F)F)c(-n3ccnc3)cc2c1=O)S(C)(=O)=O. The van der Waals surface area contributed by atoms with Gasteiger partial charge in [-0.1, -0.05) is 13.8 Å². The molecular weight excluding hydrogens is 455 g/mol. The van der Waals surface area contributed by atoms with Crippen LogP contribution in [0.3, 0.4) is 0 Å². The number of hydrogen-bond donors (Lipinski definition) is 1. The molecule has 3 aromatic rings. The maximum Gasteiger partial charge on any atom is 0.418 e. The average Bonchev–Trinajstić information content (AvgIpc) is 3.16. The van der Waals surface area contributed by atoms with Crippen molar-refractivity contribution in [1.29, 1.82) is 0 Å². The summed E-state index contributed by atoms with van der Waals surface area (Å²) in [7, 11) is -4.43. The monoisotopic (exact) mass is 473 g/mol. The molecule has 0 spiro atoms. The molecule has 1 aromatic carbocycles. The van der Waals surface area contributed by atoms with Crippen LogP contribution < -0.4 is 15.7 Å². The molecule has 0 bridgehead atoms. The van der Waals surface area contributed by atoms with E-state index in [2.05, 4.69) is 9.97 Å². The summed E-state index contributed by atoms with van der Waals surface area (Å²) >= 11 is 0. The molecule has 10 nitrogen and oxygen atoms in total. The first-order valence-electron chi connectivity index (χ1n) is 9.14. The second-order valence-corrected chi connectivity index (χ2v) is 9.24. The number of nitrogens with one attached hydrogen (secondary N) is 1. The fourth-order valence-electron chi connectivity index (χ4n) is 3.12. The van der Waals surface area contributed by atoms with Crippen LogP contribution in [-0.2, 0) is 21.0 Å². The standard InChI is InChI=1S/C18H18F3N5O5S/c1-10(2)6-15(27)26(32(3,30)31)25-16(28)11-7-14(24-5-4-22-9-24)12(18(19,20)21)8-13(11)23-17(25)29/h4-5,7-10H,6H2,1-3H3,(H,23,29). The number of hydrogen-bond acceptors (Lipinski definition) is 6. The number of aromatic nitrogens is 4. The summed E-state index contributed by atoms with van der Waals surface area (Å²) in [5, 5.41) is -0.438. The summed E-state index contributed by atoms with van der Waals surface area (Å²) in [4.78, 5) is 44.0. The maximum absolute atomic E-state index is 13.6. The lowest BCUT2D eigenvalue weighted by atomic mass is 10.1. The van der Waals surface area contributed by atoms with Gasteiger partial charge < -0.3 is 9.55 Å². The Hall–Kier alpha value is -3.42. The number of fused-ring (bicyclic) bond motifs is 1. The number of amides is 1. The summed E-state index contributed by atoms with van der Waals surface area (Å²) in [5.74, 6) is -1.35. The van der Waals surface area contributed by atoms with E-state index >= 15 is 0 Å². The molecule has 2 aromatic heterocycles. The molecule has 32 heavy (non-hydrogen) atoms. The summed E-state index contributed by atoms with van der Waals surface area (Å²) in [5.41, 5.74) is -4.77. The number of aromatic amines is 1. The molecule has 0 saturated carbocycles. The number of benzene rings is 1. The summed E-state index contributed by atoms with van der Waals surface area (Å²) in [6.45, 7) is 3.25.